The molecule has 1 aliphatic rings. The van der Waals surface area contributed by atoms with E-state index >= 15 is 0 Å². The van der Waals surface area contributed by atoms with Gasteiger partial charge in [0.2, 0.25) is 5.91 Å². The third-order valence-corrected chi connectivity index (χ3v) is 4.95. The number of amides is 1. The smallest absolute Gasteiger partial charge is 0.244 e. The van der Waals surface area contributed by atoms with Crippen molar-refractivity contribution in [3.63, 3.8) is 0 Å². The largest absolute Gasteiger partial charge is 0.320 e. The van der Waals surface area contributed by atoms with Gasteiger partial charge in [-0.15, -0.1) is 0 Å². The van der Waals surface area contributed by atoms with Gasteiger partial charge in [0.1, 0.15) is 5.69 Å². The van der Waals surface area contributed by atoms with Crippen LogP contribution in [0.15, 0.2) is 55.1 Å². The number of carbonyl (C=O) groups is 1. The fraction of sp³-hybridized carbons (Fsp3) is 0.150. The minimum atomic E-state index is -0.423. The maximum atomic E-state index is 12.1. The van der Waals surface area contributed by atoms with Crippen molar-refractivity contribution >= 4 is 22.5 Å². The molecule has 28 heavy (non-hydrogen) atoms. The summed E-state index contributed by atoms with van der Waals surface area (Å²) in [6.07, 6.45) is 7.62. The molecule has 1 aliphatic heterocycles. The average Bonchev–Trinajstić information content (AvgIpc) is 3.32. The van der Waals surface area contributed by atoms with E-state index in [2.05, 4.69) is 25.1 Å². The molecule has 5 rings (SSSR count). The van der Waals surface area contributed by atoms with Gasteiger partial charge in [-0.1, -0.05) is 0 Å². The molecule has 0 aliphatic carbocycles. The molecule has 0 aromatic carbocycles. The SMILES string of the molecule is NC1CCN(c2ccc(-c3n[nH]c4cnc(-c5cccnc5)cc34)nc2)C1=O. The van der Waals surface area contributed by atoms with E-state index in [-0.39, 0.29) is 5.91 Å². The van der Waals surface area contributed by atoms with Gasteiger partial charge in [0, 0.05) is 29.9 Å². The molecule has 4 aromatic heterocycles. The van der Waals surface area contributed by atoms with E-state index in [0.29, 0.717) is 18.7 Å². The van der Waals surface area contributed by atoms with Crippen LogP contribution in [-0.2, 0) is 4.79 Å². The van der Waals surface area contributed by atoms with Gasteiger partial charge in [0.25, 0.3) is 0 Å². The number of anilines is 1. The van der Waals surface area contributed by atoms with Crippen molar-refractivity contribution in [2.45, 2.75) is 12.5 Å². The molecule has 0 radical (unpaired) electrons. The highest BCUT2D eigenvalue weighted by Crippen LogP contribution is 2.29. The van der Waals surface area contributed by atoms with Crippen molar-refractivity contribution in [2.75, 3.05) is 11.4 Å². The maximum absolute atomic E-state index is 12.1. The van der Waals surface area contributed by atoms with Crippen LogP contribution in [0.2, 0.25) is 0 Å². The first-order valence-electron chi connectivity index (χ1n) is 8.98. The molecule has 138 valence electrons. The van der Waals surface area contributed by atoms with Crippen molar-refractivity contribution in [3.05, 3.63) is 55.1 Å². The Bertz CT molecular complexity index is 1150. The molecule has 4 aromatic rings. The lowest BCUT2D eigenvalue weighted by Crippen LogP contribution is -2.33. The van der Waals surface area contributed by atoms with Gasteiger partial charge < -0.3 is 10.6 Å². The first-order valence-corrected chi connectivity index (χ1v) is 8.98. The molecular weight excluding hydrogens is 354 g/mol. The maximum Gasteiger partial charge on any atom is 0.244 e. The van der Waals surface area contributed by atoms with E-state index in [1.807, 2.05) is 30.3 Å². The fourth-order valence-corrected chi connectivity index (χ4v) is 3.43. The van der Waals surface area contributed by atoms with Gasteiger partial charge in [0.15, 0.2) is 0 Å². The van der Waals surface area contributed by atoms with Gasteiger partial charge >= 0.3 is 0 Å². The van der Waals surface area contributed by atoms with E-state index in [0.717, 1.165) is 33.5 Å². The number of fused-ring (bicyclic) bond motifs is 1. The Morgan fingerprint density at radius 2 is 2.00 bits per heavy atom. The van der Waals surface area contributed by atoms with Gasteiger partial charge in [-0.2, -0.15) is 5.10 Å². The van der Waals surface area contributed by atoms with E-state index < -0.39 is 6.04 Å². The molecule has 0 bridgehead atoms. The highest BCUT2D eigenvalue weighted by atomic mass is 16.2. The molecule has 1 atom stereocenters. The minimum Gasteiger partial charge on any atom is -0.320 e. The standard InChI is InChI=1S/C20H17N7O/c21-15-5-7-27(20(15)28)13-3-4-16(23-10-13)19-14-8-17(12-2-1-6-22-9-12)24-11-18(14)25-26-19/h1-4,6,8-11,15H,5,7,21H2,(H,25,26). The Hall–Kier alpha value is -3.65. The second-order valence-corrected chi connectivity index (χ2v) is 6.72. The number of rotatable bonds is 3. The van der Waals surface area contributed by atoms with E-state index in [4.69, 9.17) is 5.73 Å². The number of nitrogens with two attached hydrogens (primary N) is 1. The van der Waals surface area contributed by atoms with Crippen LogP contribution in [0.4, 0.5) is 5.69 Å². The third-order valence-electron chi connectivity index (χ3n) is 4.95. The topological polar surface area (TPSA) is 114 Å². The molecule has 1 amide bonds. The highest BCUT2D eigenvalue weighted by Gasteiger charge is 2.29. The van der Waals surface area contributed by atoms with Crippen LogP contribution in [0, 0.1) is 0 Å². The Labute approximate surface area is 160 Å². The summed E-state index contributed by atoms with van der Waals surface area (Å²) in [4.78, 5) is 26.9. The summed E-state index contributed by atoms with van der Waals surface area (Å²) in [6, 6.07) is 9.14. The van der Waals surface area contributed by atoms with Crippen LogP contribution in [0.1, 0.15) is 6.42 Å². The first-order chi connectivity index (χ1) is 13.7. The van der Waals surface area contributed by atoms with Gasteiger partial charge in [0.05, 0.1) is 41.0 Å². The van der Waals surface area contributed by atoms with Crippen molar-refractivity contribution in [1.29, 1.82) is 0 Å². The lowest BCUT2D eigenvalue weighted by molar-refractivity contribution is -0.118. The molecular formula is C20H17N7O. The van der Waals surface area contributed by atoms with E-state index in [1.165, 1.54) is 0 Å². The summed E-state index contributed by atoms with van der Waals surface area (Å²) < 4.78 is 0. The number of hydrogen-bond acceptors (Lipinski definition) is 6. The summed E-state index contributed by atoms with van der Waals surface area (Å²) in [5.74, 6) is -0.0630. The molecule has 5 heterocycles. The Morgan fingerprint density at radius 1 is 1.11 bits per heavy atom. The Balaban J connectivity index is 1.51. The number of aromatic amines is 1. The number of H-pyrrole nitrogens is 1. The second-order valence-electron chi connectivity index (χ2n) is 6.72. The van der Waals surface area contributed by atoms with Gasteiger partial charge in [-0.3, -0.25) is 24.8 Å². The van der Waals surface area contributed by atoms with Crippen molar-refractivity contribution in [2.24, 2.45) is 5.73 Å². The normalized spacial score (nSPS) is 16.8. The monoisotopic (exact) mass is 371 g/mol. The number of hydrogen-bond donors (Lipinski definition) is 2. The van der Waals surface area contributed by atoms with E-state index in [1.54, 1.807) is 29.7 Å². The average molecular weight is 371 g/mol. The summed E-state index contributed by atoms with van der Waals surface area (Å²) >= 11 is 0. The van der Waals surface area contributed by atoms with Crippen molar-refractivity contribution in [1.82, 2.24) is 25.1 Å². The summed E-state index contributed by atoms with van der Waals surface area (Å²) in [5, 5.41) is 8.33. The lowest BCUT2D eigenvalue weighted by Gasteiger charge is -2.15. The Morgan fingerprint density at radius 3 is 2.71 bits per heavy atom. The zero-order valence-corrected chi connectivity index (χ0v) is 14.9. The molecule has 1 fully saturated rings. The van der Waals surface area contributed by atoms with Crippen LogP contribution in [0.5, 0.6) is 0 Å². The molecule has 8 nitrogen and oxygen atoms in total. The van der Waals surface area contributed by atoms with Crippen molar-refractivity contribution in [3.8, 4) is 22.6 Å². The molecule has 0 spiro atoms. The molecule has 0 saturated carbocycles. The van der Waals surface area contributed by atoms with Crippen LogP contribution in [0.3, 0.4) is 0 Å². The summed E-state index contributed by atoms with van der Waals surface area (Å²) in [5.41, 5.74) is 10.6. The van der Waals surface area contributed by atoms with Crippen LogP contribution in [-0.4, -0.2) is 43.6 Å². The minimum absolute atomic E-state index is 0.0630. The van der Waals surface area contributed by atoms with E-state index in [9.17, 15) is 4.79 Å². The van der Waals surface area contributed by atoms with Crippen LogP contribution >= 0.6 is 0 Å². The zero-order valence-electron chi connectivity index (χ0n) is 14.9. The fourth-order valence-electron chi connectivity index (χ4n) is 3.43. The Kier molecular flexibility index (Phi) is 3.84. The summed E-state index contributed by atoms with van der Waals surface area (Å²) in [7, 11) is 0. The van der Waals surface area contributed by atoms with Crippen LogP contribution < -0.4 is 10.6 Å². The molecule has 1 saturated heterocycles. The molecule has 1 unspecified atom stereocenters. The molecule has 8 heteroatoms. The predicted octanol–water partition coefficient (Wildman–Crippen LogP) is 2.15. The number of aromatic nitrogens is 5. The number of carbonyl (C=O) groups excluding carboxylic acids is 1. The second kappa shape index (κ2) is 6.50. The number of pyridine rings is 3. The molecule has 3 N–H and O–H groups in total. The van der Waals surface area contributed by atoms with Crippen molar-refractivity contribution < 1.29 is 4.79 Å². The third kappa shape index (κ3) is 2.71. The summed E-state index contributed by atoms with van der Waals surface area (Å²) in [6.45, 7) is 0.618. The first kappa shape index (κ1) is 16.5. The lowest BCUT2D eigenvalue weighted by atomic mass is 10.1. The van der Waals surface area contributed by atoms with Gasteiger partial charge in [-0.25, -0.2) is 0 Å². The van der Waals surface area contributed by atoms with Crippen LogP contribution in [0.25, 0.3) is 33.5 Å². The highest BCUT2D eigenvalue weighted by molar-refractivity contribution is 5.99. The van der Waals surface area contributed by atoms with Gasteiger partial charge in [-0.05, 0) is 36.8 Å². The number of nitrogens with one attached hydrogen (secondary N) is 1. The number of nitrogens with zero attached hydrogens (tertiary/aromatic N) is 5. The predicted molar refractivity (Wildman–Crippen MR) is 105 cm³/mol. The zero-order chi connectivity index (χ0) is 19.1. The quantitative estimate of drug-likeness (QED) is 0.570.